The fraction of sp³-hybridized carbons (Fsp3) is 0.462. The van der Waals surface area contributed by atoms with Crippen molar-refractivity contribution < 1.29 is 4.79 Å². The van der Waals surface area contributed by atoms with Crippen molar-refractivity contribution in [1.29, 1.82) is 0 Å². The van der Waals surface area contributed by atoms with Crippen LogP contribution in [0.15, 0.2) is 28.7 Å². The van der Waals surface area contributed by atoms with Gasteiger partial charge in [-0.1, -0.05) is 34.1 Å². The summed E-state index contributed by atoms with van der Waals surface area (Å²) < 4.78 is 1.06. The maximum Gasteiger partial charge on any atom is 0.222 e. The standard InChI is InChI=1S/C13H17BrN2O/c14-12-4-2-1-3-10(12)9-16-8-7-11(15)5-6-13(16)17/h1-4,11H,5-9,15H2. The number of nitrogens with zero attached hydrogens (tertiary/aromatic N) is 1. The van der Waals surface area contributed by atoms with Crippen LogP contribution in [0.4, 0.5) is 0 Å². The number of hydrogen-bond donors (Lipinski definition) is 1. The second-order valence-electron chi connectivity index (χ2n) is 4.49. The van der Waals surface area contributed by atoms with Gasteiger partial charge >= 0.3 is 0 Å². The molecular formula is C13H17BrN2O. The van der Waals surface area contributed by atoms with Gasteiger partial charge in [0, 0.05) is 30.0 Å². The molecule has 1 aromatic rings. The Morgan fingerprint density at radius 2 is 2.12 bits per heavy atom. The summed E-state index contributed by atoms with van der Waals surface area (Å²) in [5.41, 5.74) is 7.04. The molecule has 0 saturated carbocycles. The Bertz CT molecular complexity index is 408. The monoisotopic (exact) mass is 296 g/mol. The quantitative estimate of drug-likeness (QED) is 0.910. The molecule has 0 aliphatic carbocycles. The van der Waals surface area contributed by atoms with Gasteiger partial charge in [0.15, 0.2) is 0 Å². The first-order chi connectivity index (χ1) is 8.16. The number of carbonyl (C=O) groups excluding carboxylic acids is 1. The van der Waals surface area contributed by atoms with E-state index in [1.165, 1.54) is 0 Å². The first kappa shape index (κ1) is 12.6. The highest BCUT2D eigenvalue weighted by Crippen LogP contribution is 2.20. The van der Waals surface area contributed by atoms with Crippen molar-refractivity contribution in [3.8, 4) is 0 Å². The van der Waals surface area contributed by atoms with E-state index in [1.807, 2.05) is 29.2 Å². The number of carbonyl (C=O) groups is 1. The first-order valence-corrected chi connectivity index (χ1v) is 6.73. The SMILES string of the molecule is NC1CCC(=O)N(Cc2ccccc2Br)CC1. The number of amides is 1. The molecule has 1 fully saturated rings. The molecular weight excluding hydrogens is 280 g/mol. The van der Waals surface area contributed by atoms with Crippen LogP contribution >= 0.6 is 15.9 Å². The Kier molecular flexibility index (Phi) is 4.18. The third-order valence-corrected chi connectivity index (χ3v) is 3.94. The number of likely N-dealkylation sites (tertiary alicyclic amines) is 1. The summed E-state index contributed by atoms with van der Waals surface area (Å²) >= 11 is 3.51. The molecule has 1 amide bonds. The van der Waals surface area contributed by atoms with Gasteiger partial charge in [0.1, 0.15) is 0 Å². The number of rotatable bonds is 2. The third-order valence-electron chi connectivity index (χ3n) is 3.17. The van der Waals surface area contributed by atoms with E-state index < -0.39 is 0 Å². The van der Waals surface area contributed by atoms with Gasteiger partial charge in [-0.05, 0) is 24.5 Å². The van der Waals surface area contributed by atoms with Gasteiger partial charge in [-0.15, -0.1) is 0 Å². The van der Waals surface area contributed by atoms with E-state index >= 15 is 0 Å². The smallest absolute Gasteiger partial charge is 0.222 e. The molecule has 17 heavy (non-hydrogen) atoms. The highest BCUT2D eigenvalue weighted by atomic mass is 79.9. The summed E-state index contributed by atoms with van der Waals surface area (Å²) in [5, 5.41) is 0. The Morgan fingerprint density at radius 3 is 2.88 bits per heavy atom. The summed E-state index contributed by atoms with van der Waals surface area (Å²) in [5.74, 6) is 0.216. The van der Waals surface area contributed by atoms with Gasteiger partial charge < -0.3 is 10.6 Å². The Balaban J connectivity index is 2.07. The Hall–Kier alpha value is -0.870. The zero-order chi connectivity index (χ0) is 12.3. The van der Waals surface area contributed by atoms with Gasteiger partial charge in [-0.3, -0.25) is 4.79 Å². The second-order valence-corrected chi connectivity index (χ2v) is 5.35. The topological polar surface area (TPSA) is 46.3 Å². The van der Waals surface area contributed by atoms with Crippen LogP contribution < -0.4 is 5.73 Å². The van der Waals surface area contributed by atoms with Crippen LogP contribution in [0.5, 0.6) is 0 Å². The highest BCUT2D eigenvalue weighted by Gasteiger charge is 2.20. The molecule has 1 unspecified atom stereocenters. The normalized spacial score (nSPS) is 21.4. The molecule has 1 aromatic carbocycles. The fourth-order valence-electron chi connectivity index (χ4n) is 2.06. The molecule has 0 spiro atoms. The summed E-state index contributed by atoms with van der Waals surface area (Å²) in [6, 6.07) is 8.19. The number of nitrogens with two attached hydrogens (primary N) is 1. The minimum atomic E-state index is 0.170. The molecule has 0 aromatic heterocycles. The van der Waals surface area contributed by atoms with Crippen LogP contribution in [0.25, 0.3) is 0 Å². The van der Waals surface area contributed by atoms with Crippen molar-refractivity contribution in [3.63, 3.8) is 0 Å². The van der Waals surface area contributed by atoms with Crippen LogP contribution in [0, 0.1) is 0 Å². The lowest BCUT2D eigenvalue weighted by Gasteiger charge is -2.21. The van der Waals surface area contributed by atoms with Crippen LogP contribution in [0.3, 0.4) is 0 Å². The summed E-state index contributed by atoms with van der Waals surface area (Å²) in [7, 11) is 0. The van der Waals surface area contributed by atoms with Gasteiger partial charge in [0.2, 0.25) is 5.91 Å². The van der Waals surface area contributed by atoms with Gasteiger partial charge in [0.05, 0.1) is 0 Å². The predicted molar refractivity (Wildman–Crippen MR) is 71.4 cm³/mol. The molecule has 1 aliphatic heterocycles. The third kappa shape index (κ3) is 3.30. The van der Waals surface area contributed by atoms with Crippen molar-refractivity contribution in [2.45, 2.75) is 31.8 Å². The number of halogens is 1. The van der Waals surface area contributed by atoms with Crippen molar-refractivity contribution in [2.24, 2.45) is 5.73 Å². The summed E-state index contributed by atoms with van der Waals surface area (Å²) in [6.07, 6.45) is 2.28. The first-order valence-electron chi connectivity index (χ1n) is 5.93. The average Bonchev–Trinajstić information content (AvgIpc) is 2.47. The minimum absolute atomic E-state index is 0.170. The van der Waals surface area contributed by atoms with E-state index in [0.717, 1.165) is 29.4 Å². The highest BCUT2D eigenvalue weighted by molar-refractivity contribution is 9.10. The molecule has 4 heteroatoms. The van der Waals surface area contributed by atoms with Crippen LogP contribution in [0.2, 0.25) is 0 Å². The second kappa shape index (κ2) is 5.65. The van der Waals surface area contributed by atoms with Crippen molar-refractivity contribution in [3.05, 3.63) is 34.3 Å². The lowest BCUT2D eigenvalue weighted by molar-refractivity contribution is -0.131. The molecule has 1 saturated heterocycles. The van der Waals surface area contributed by atoms with Crippen LogP contribution in [-0.4, -0.2) is 23.4 Å². The van der Waals surface area contributed by atoms with E-state index in [4.69, 9.17) is 5.73 Å². The van der Waals surface area contributed by atoms with Crippen LogP contribution in [-0.2, 0) is 11.3 Å². The zero-order valence-corrected chi connectivity index (χ0v) is 11.3. The molecule has 3 nitrogen and oxygen atoms in total. The van der Waals surface area contributed by atoms with Crippen molar-refractivity contribution in [2.75, 3.05) is 6.54 Å². The molecule has 0 bridgehead atoms. The van der Waals surface area contributed by atoms with E-state index in [2.05, 4.69) is 15.9 Å². The maximum atomic E-state index is 11.9. The molecule has 92 valence electrons. The molecule has 2 N–H and O–H groups in total. The van der Waals surface area contributed by atoms with E-state index in [9.17, 15) is 4.79 Å². The van der Waals surface area contributed by atoms with Gasteiger partial charge in [-0.25, -0.2) is 0 Å². The molecule has 0 radical (unpaired) electrons. The largest absolute Gasteiger partial charge is 0.338 e. The van der Waals surface area contributed by atoms with E-state index in [0.29, 0.717) is 13.0 Å². The minimum Gasteiger partial charge on any atom is -0.338 e. The maximum absolute atomic E-state index is 11.9. The van der Waals surface area contributed by atoms with E-state index in [1.54, 1.807) is 0 Å². The predicted octanol–water partition coefficient (Wildman–Crippen LogP) is 2.29. The Morgan fingerprint density at radius 1 is 1.35 bits per heavy atom. The van der Waals surface area contributed by atoms with Gasteiger partial charge in [0.25, 0.3) is 0 Å². The fourth-order valence-corrected chi connectivity index (χ4v) is 2.47. The van der Waals surface area contributed by atoms with Crippen LogP contribution in [0.1, 0.15) is 24.8 Å². The molecule has 1 heterocycles. The molecule has 1 atom stereocenters. The average molecular weight is 297 g/mol. The zero-order valence-electron chi connectivity index (χ0n) is 9.73. The van der Waals surface area contributed by atoms with E-state index in [-0.39, 0.29) is 11.9 Å². The number of benzene rings is 1. The van der Waals surface area contributed by atoms with Gasteiger partial charge in [-0.2, -0.15) is 0 Å². The lowest BCUT2D eigenvalue weighted by atomic mass is 10.1. The van der Waals surface area contributed by atoms with Crippen molar-refractivity contribution >= 4 is 21.8 Å². The lowest BCUT2D eigenvalue weighted by Crippen LogP contribution is -2.30. The summed E-state index contributed by atoms with van der Waals surface area (Å²) in [4.78, 5) is 13.8. The molecule has 1 aliphatic rings. The summed E-state index contributed by atoms with van der Waals surface area (Å²) in [6.45, 7) is 1.44. The molecule has 2 rings (SSSR count). The number of hydrogen-bond acceptors (Lipinski definition) is 2. The Labute approximate surface area is 110 Å². The van der Waals surface area contributed by atoms with Crippen molar-refractivity contribution in [1.82, 2.24) is 4.90 Å².